The highest BCUT2D eigenvalue weighted by atomic mass is 35.5. The summed E-state index contributed by atoms with van der Waals surface area (Å²) in [7, 11) is 0. The molecule has 1 rings (SSSR count). The molecule has 1 aromatic carbocycles. The van der Waals surface area contributed by atoms with Crippen LogP contribution in [0.15, 0.2) is 24.3 Å². The third-order valence-electron chi connectivity index (χ3n) is 2.97. The molecule has 19 heavy (non-hydrogen) atoms. The van der Waals surface area contributed by atoms with Crippen LogP contribution in [0.25, 0.3) is 0 Å². The van der Waals surface area contributed by atoms with Crippen molar-refractivity contribution in [2.45, 2.75) is 46.1 Å². The molecule has 0 radical (unpaired) electrons. The fourth-order valence-electron chi connectivity index (χ4n) is 1.85. The van der Waals surface area contributed by atoms with Crippen molar-refractivity contribution in [1.29, 1.82) is 0 Å². The summed E-state index contributed by atoms with van der Waals surface area (Å²) in [5, 5.41) is 3.01. The zero-order chi connectivity index (χ0) is 13.5. The van der Waals surface area contributed by atoms with Gasteiger partial charge in [0.05, 0.1) is 0 Å². The maximum Gasteiger partial charge on any atom is 0.251 e. The topological polar surface area (TPSA) is 55.1 Å². The minimum Gasteiger partial charge on any atom is -0.399 e. The number of benzene rings is 1. The third-order valence-corrected chi connectivity index (χ3v) is 2.97. The Balaban J connectivity index is 0.00000324. The highest BCUT2D eigenvalue weighted by molar-refractivity contribution is 5.94. The summed E-state index contributed by atoms with van der Waals surface area (Å²) in [6.45, 7) is 6.49. The van der Waals surface area contributed by atoms with Crippen molar-refractivity contribution in [3.05, 3.63) is 29.8 Å². The fourth-order valence-corrected chi connectivity index (χ4v) is 1.85. The van der Waals surface area contributed by atoms with Crippen LogP contribution in [0, 0.1) is 5.92 Å². The summed E-state index contributed by atoms with van der Waals surface area (Å²) in [5.74, 6) is 0.706. The van der Waals surface area contributed by atoms with Gasteiger partial charge < -0.3 is 11.1 Å². The van der Waals surface area contributed by atoms with Gasteiger partial charge in [0.25, 0.3) is 5.91 Å². The van der Waals surface area contributed by atoms with Gasteiger partial charge in [-0.25, -0.2) is 0 Å². The van der Waals surface area contributed by atoms with E-state index in [0.717, 1.165) is 18.8 Å². The third kappa shape index (κ3) is 7.06. The molecule has 108 valence electrons. The van der Waals surface area contributed by atoms with Crippen molar-refractivity contribution in [2.24, 2.45) is 5.92 Å². The van der Waals surface area contributed by atoms with Gasteiger partial charge in [-0.2, -0.15) is 0 Å². The summed E-state index contributed by atoms with van der Waals surface area (Å²) in [5.41, 5.74) is 6.93. The van der Waals surface area contributed by atoms with Gasteiger partial charge in [-0.05, 0) is 43.5 Å². The second-order valence-electron chi connectivity index (χ2n) is 5.32. The number of anilines is 1. The Bertz CT molecular complexity index is 376. The number of nitrogen functional groups attached to an aromatic ring is 1. The monoisotopic (exact) mass is 284 g/mol. The maximum absolute atomic E-state index is 11.9. The largest absolute Gasteiger partial charge is 0.399 e. The van der Waals surface area contributed by atoms with E-state index in [1.54, 1.807) is 24.3 Å². The lowest BCUT2D eigenvalue weighted by Crippen LogP contribution is -2.32. The van der Waals surface area contributed by atoms with Crippen LogP contribution in [0.2, 0.25) is 0 Å². The van der Waals surface area contributed by atoms with Crippen molar-refractivity contribution >= 4 is 24.0 Å². The van der Waals surface area contributed by atoms with Gasteiger partial charge >= 0.3 is 0 Å². The molecule has 3 nitrogen and oxygen atoms in total. The SMILES string of the molecule is CC(C)CCCC(C)NC(=O)c1ccc(N)cc1.Cl. The molecule has 0 aromatic heterocycles. The summed E-state index contributed by atoms with van der Waals surface area (Å²) in [4.78, 5) is 11.9. The van der Waals surface area contributed by atoms with E-state index < -0.39 is 0 Å². The Morgan fingerprint density at radius 2 is 1.74 bits per heavy atom. The van der Waals surface area contributed by atoms with Crippen LogP contribution >= 0.6 is 12.4 Å². The predicted molar refractivity (Wildman–Crippen MR) is 83.7 cm³/mol. The number of rotatable bonds is 6. The molecule has 0 spiro atoms. The Morgan fingerprint density at radius 3 is 2.26 bits per heavy atom. The van der Waals surface area contributed by atoms with Crippen LogP contribution < -0.4 is 11.1 Å². The summed E-state index contributed by atoms with van der Waals surface area (Å²) < 4.78 is 0. The molecule has 1 unspecified atom stereocenters. The Morgan fingerprint density at radius 1 is 1.16 bits per heavy atom. The standard InChI is InChI=1S/C15H24N2O.ClH/c1-11(2)5-4-6-12(3)17-15(18)13-7-9-14(16)10-8-13;/h7-12H,4-6,16H2,1-3H3,(H,17,18);1H. The fraction of sp³-hybridized carbons (Fsp3) is 0.533. The summed E-state index contributed by atoms with van der Waals surface area (Å²) >= 11 is 0. The molecule has 0 saturated carbocycles. The van der Waals surface area contributed by atoms with Gasteiger partial charge in [-0.15, -0.1) is 12.4 Å². The number of hydrogen-bond donors (Lipinski definition) is 2. The van der Waals surface area contributed by atoms with Crippen LogP contribution in [0.1, 0.15) is 50.4 Å². The Hall–Kier alpha value is -1.22. The number of nitrogens with one attached hydrogen (secondary N) is 1. The van der Waals surface area contributed by atoms with E-state index in [9.17, 15) is 4.79 Å². The van der Waals surface area contributed by atoms with E-state index in [-0.39, 0.29) is 24.4 Å². The molecule has 0 heterocycles. The first-order chi connectivity index (χ1) is 8.49. The average Bonchev–Trinajstić information content (AvgIpc) is 2.29. The molecule has 3 N–H and O–H groups in total. The molecule has 0 aliphatic heterocycles. The van der Waals surface area contributed by atoms with E-state index in [2.05, 4.69) is 26.1 Å². The first kappa shape index (κ1) is 17.8. The zero-order valence-electron chi connectivity index (χ0n) is 12.0. The van der Waals surface area contributed by atoms with E-state index in [4.69, 9.17) is 5.73 Å². The lowest BCUT2D eigenvalue weighted by molar-refractivity contribution is 0.0938. The Kier molecular flexibility index (Phi) is 8.24. The molecule has 4 heteroatoms. The maximum atomic E-state index is 11.9. The van der Waals surface area contributed by atoms with Crippen LogP contribution in [0.5, 0.6) is 0 Å². The minimum absolute atomic E-state index is 0. The van der Waals surface area contributed by atoms with Crippen LogP contribution in [-0.4, -0.2) is 11.9 Å². The number of nitrogens with two attached hydrogens (primary N) is 1. The number of hydrogen-bond acceptors (Lipinski definition) is 2. The normalized spacial score (nSPS) is 11.8. The van der Waals surface area contributed by atoms with Gasteiger partial charge in [0.2, 0.25) is 0 Å². The van der Waals surface area contributed by atoms with Crippen molar-refractivity contribution in [3.8, 4) is 0 Å². The Labute approximate surface area is 122 Å². The summed E-state index contributed by atoms with van der Waals surface area (Å²) in [6, 6.07) is 7.22. The highest BCUT2D eigenvalue weighted by Gasteiger charge is 2.09. The van der Waals surface area contributed by atoms with Gasteiger partial charge in [0.15, 0.2) is 0 Å². The first-order valence-electron chi connectivity index (χ1n) is 6.65. The zero-order valence-corrected chi connectivity index (χ0v) is 12.8. The number of amides is 1. The minimum atomic E-state index is -0.0213. The van der Waals surface area contributed by atoms with Gasteiger partial charge in [0.1, 0.15) is 0 Å². The molecule has 0 fully saturated rings. The molecule has 0 bridgehead atoms. The number of carbonyl (C=O) groups excluding carboxylic acids is 1. The molecule has 1 atom stereocenters. The van der Waals surface area contributed by atoms with Gasteiger partial charge in [-0.3, -0.25) is 4.79 Å². The molecule has 0 saturated heterocycles. The molecule has 0 aliphatic carbocycles. The van der Waals surface area contributed by atoms with Crippen LogP contribution in [0.3, 0.4) is 0 Å². The van der Waals surface area contributed by atoms with E-state index in [1.165, 1.54) is 6.42 Å². The van der Waals surface area contributed by atoms with E-state index in [0.29, 0.717) is 11.3 Å². The molecule has 1 aromatic rings. The van der Waals surface area contributed by atoms with Crippen molar-refractivity contribution in [2.75, 3.05) is 5.73 Å². The molecular weight excluding hydrogens is 260 g/mol. The number of carbonyl (C=O) groups is 1. The highest BCUT2D eigenvalue weighted by Crippen LogP contribution is 2.09. The molecule has 0 aliphatic rings. The average molecular weight is 285 g/mol. The van der Waals surface area contributed by atoms with Crippen LogP contribution in [0.4, 0.5) is 5.69 Å². The quantitative estimate of drug-likeness (QED) is 0.784. The van der Waals surface area contributed by atoms with Crippen molar-refractivity contribution in [3.63, 3.8) is 0 Å². The summed E-state index contributed by atoms with van der Waals surface area (Å²) in [6.07, 6.45) is 3.39. The molecular formula is C15H25ClN2O. The van der Waals surface area contributed by atoms with E-state index >= 15 is 0 Å². The van der Waals surface area contributed by atoms with E-state index in [1.807, 2.05) is 0 Å². The predicted octanol–water partition coefficient (Wildman–Crippen LogP) is 3.64. The lowest BCUT2D eigenvalue weighted by Gasteiger charge is -2.14. The van der Waals surface area contributed by atoms with Crippen molar-refractivity contribution < 1.29 is 4.79 Å². The lowest BCUT2D eigenvalue weighted by atomic mass is 10.0. The first-order valence-corrected chi connectivity index (χ1v) is 6.65. The van der Waals surface area contributed by atoms with Gasteiger partial charge in [0, 0.05) is 17.3 Å². The second kappa shape index (κ2) is 8.81. The second-order valence-corrected chi connectivity index (χ2v) is 5.32. The van der Waals surface area contributed by atoms with Crippen LogP contribution in [-0.2, 0) is 0 Å². The van der Waals surface area contributed by atoms with Gasteiger partial charge in [-0.1, -0.05) is 26.7 Å². The molecule has 1 amide bonds. The smallest absolute Gasteiger partial charge is 0.251 e. The number of halogens is 1. The van der Waals surface area contributed by atoms with Crippen molar-refractivity contribution in [1.82, 2.24) is 5.32 Å².